The summed E-state index contributed by atoms with van der Waals surface area (Å²) in [7, 11) is 0. The number of halogens is 1. The Morgan fingerprint density at radius 2 is 1.83 bits per heavy atom. The molecule has 0 radical (unpaired) electrons. The van der Waals surface area contributed by atoms with E-state index < -0.39 is 0 Å². The van der Waals surface area contributed by atoms with Gasteiger partial charge in [0.1, 0.15) is 11.6 Å². The zero-order chi connectivity index (χ0) is 21.6. The summed E-state index contributed by atoms with van der Waals surface area (Å²) in [5, 5.41) is 3.64. The van der Waals surface area contributed by atoms with E-state index in [0.717, 1.165) is 42.7 Å². The van der Waals surface area contributed by atoms with Crippen molar-refractivity contribution in [2.45, 2.75) is 46.6 Å². The summed E-state index contributed by atoms with van der Waals surface area (Å²) in [6.45, 7) is 7.81. The molecule has 2 aromatic carbocycles. The maximum atomic E-state index is 12.0. The van der Waals surface area contributed by atoms with Crippen LogP contribution in [0, 0.1) is 5.41 Å². The van der Waals surface area contributed by atoms with Gasteiger partial charge < -0.3 is 14.6 Å². The second kappa shape index (κ2) is 9.98. The van der Waals surface area contributed by atoms with E-state index in [1.165, 1.54) is 0 Å². The topological polar surface area (TPSA) is 56.2 Å². The van der Waals surface area contributed by atoms with Gasteiger partial charge in [0.15, 0.2) is 0 Å². The Morgan fingerprint density at radius 1 is 1.10 bits per heavy atom. The molecule has 0 aliphatic heterocycles. The van der Waals surface area contributed by atoms with Crippen molar-refractivity contribution >= 4 is 28.5 Å². The van der Waals surface area contributed by atoms with Crippen LogP contribution in [0.5, 0.6) is 5.75 Å². The Kier molecular flexibility index (Phi) is 7.38. The minimum atomic E-state index is -0.366. The van der Waals surface area contributed by atoms with E-state index in [9.17, 15) is 4.79 Å². The van der Waals surface area contributed by atoms with Gasteiger partial charge in [0.2, 0.25) is 5.91 Å². The normalized spacial score (nSPS) is 11.6. The molecule has 3 aromatic rings. The number of aromatic nitrogens is 2. The number of nitrogens with zero attached hydrogens (tertiary/aromatic N) is 2. The van der Waals surface area contributed by atoms with Crippen molar-refractivity contribution in [3.8, 4) is 5.75 Å². The number of hydrogen-bond donors (Lipinski definition) is 1. The second-order valence-corrected chi connectivity index (χ2v) is 8.82. The summed E-state index contributed by atoms with van der Waals surface area (Å²) in [5.41, 5.74) is 1.76. The molecule has 0 aliphatic carbocycles. The van der Waals surface area contributed by atoms with Crippen LogP contribution in [-0.2, 0) is 17.8 Å². The molecule has 5 nitrogen and oxygen atoms in total. The molecule has 1 heterocycles. The monoisotopic (exact) mass is 427 g/mol. The van der Waals surface area contributed by atoms with E-state index in [1.807, 2.05) is 63.2 Å². The molecule has 0 saturated heterocycles. The lowest BCUT2D eigenvalue weighted by molar-refractivity contribution is -0.128. The number of imidazole rings is 1. The van der Waals surface area contributed by atoms with Gasteiger partial charge >= 0.3 is 0 Å². The third-order valence-electron chi connectivity index (χ3n) is 4.90. The lowest BCUT2D eigenvalue weighted by Crippen LogP contribution is -2.35. The molecule has 1 aromatic heterocycles. The molecule has 3 rings (SSSR count). The number of ether oxygens (including phenoxy) is 1. The quantitative estimate of drug-likeness (QED) is 0.474. The van der Waals surface area contributed by atoms with Crippen molar-refractivity contribution in [2.75, 3.05) is 13.2 Å². The van der Waals surface area contributed by atoms with Gasteiger partial charge in [0.25, 0.3) is 0 Å². The summed E-state index contributed by atoms with van der Waals surface area (Å²) >= 11 is 6.16. The van der Waals surface area contributed by atoms with E-state index in [-0.39, 0.29) is 11.3 Å². The zero-order valence-electron chi connectivity index (χ0n) is 18.0. The maximum Gasteiger partial charge on any atom is 0.225 e. The van der Waals surface area contributed by atoms with Gasteiger partial charge in [-0.05, 0) is 37.1 Å². The fourth-order valence-electron chi connectivity index (χ4n) is 3.25. The molecule has 0 saturated carbocycles. The minimum absolute atomic E-state index is 0.0766. The van der Waals surface area contributed by atoms with Gasteiger partial charge in [0, 0.05) is 24.9 Å². The van der Waals surface area contributed by atoms with Gasteiger partial charge in [0.05, 0.1) is 22.7 Å². The highest BCUT2D eigenvalue weighted by molar-refractivity contribution is 6.32. The van der Waals surface area contributed by atoms with Crippen molar-refractivity contribution in [2.24, 2.45) is 5.41 Å². The molecule has 1 amide bonds. The first-order valence-electron chi connectivity index (χ1n) is 10.5. The summed E-state index contributed by atoms with van der Waals surface area (Å²) in [6.07, 6.45) is 2.51. The molecule has 160 valence electrons. The Bertz CT molecular complexity index is 992. The van der Waals surface area contributed by atoms with Gasteiger partial charge in [-0.3, -0.25) is 4.79 Å². The van der Waals surface area contributed by atoms with Gasteiger partial charge in [-0.15, -0.1) is 0 Å². The minimum Gasteiger partial charge on any atom is -0.492 e. The number of carbonyl (C=O) groups is 1. The summed E-state index contributed by atoms with van der Waals surface area (Å²) < 4.78 is 8.09. The number of rotatable bonds is 9. The van der Waals surface area contributed by atoms with Crippen molar-refractivity contribution in [1.82, 2.24) is 14.9 Å². The standard InChI is InChI=1S/C24H30ClN3O2/c1-24(2,3)23(29)26-15-8-14-22-27-19-11-5-6-12-20(19)28(22)16-9-17-30-21-13-7-4-10-18(21)25/h4-7,10-13H,8-9,14-17H2,1-3H3,(H,26,29). The fraction of sp³-hybridized carbons (Fsp3) is 0.417. The average Bonchev–Trinajstić information content (AvgIpc) is 3.06. The number of hydrogen-bond acceptors (Lipinski definition) is 3. The van der Waals surface area contributed by atoms with Crippen molar-refractivity contribution in [3.63, 3.8) is 0 Å². The highest BCUT2D eigenvalue weighted by atomic mass is 35.5. The van der Waals surface area contributed by atoms with Gasteiger partial charge in [-0.25, -0.2) is 4.98 Å². The number of carbonyl (C=O) groups excluding carboxylic acids is 1. The van der Waals surface area contributed by atoms with E-state index in [2.05, 4.69) is 16.0 Å². The van der Waals surface area contributed by atoms with Crippen molar-refractivity contribution in [3.05, 3.63) is 59.4 Å². The van der Waals surface area contributed by atoms with Crippen LogP contribution in [0.15, 0.2) is 48.5 Å². The first-order valence-corrected chi connectivity index (χ1v) is 10.8. The van der Waals surface area contributed by atoms with Crippen LogP contribution in [0.2, 0.25) is 5.02 Å². The largest absolute Gasteiger partial charge is 0.492 e. The van der Waals surface area contributed by atoms with E-state index >= 15 is 0 Å². The van der Waals surface area contributed by atoms with Crippen LogP contribution in [0.25, 0.3) is 11.0 Å². The van der Waals surface area contributed by atoms with Gasteiger partial charge in [-0.1, -0.05) is 56.6 Å². The molecule has 6 heteroatoms. The fourth-order valence-corrected chi connectivity index (χ4v) is 3.44. The zero-order valence-corrected chi connectivity index (χ0v) is 18.7. The van der Waals surface area contributed by atoms with Crippen molar-refractivity contribution < 1.29 is 9.53 Å². The first-order chi connectivity index (χ1) is 14.4. The van der Waals surface area contributed by atoms with Crippen molar-refractivity contribution in [1.29, 1.82) is 0 Å². The Hall–Kier alpha value is -2.53. The number of benzene rings is 2. The summed E-state index contributed by atoms with van der Waals surface area (Å²) in [6, 6.07) is 15.7. The number of nitrogens with one attached hydrogen (secondary N) is 1. The number of para-hydroxylation sites is 3. The Morgan fingerprint density at radius 3 is 2.60 bits per heavy atom. The maximum absolute atomic E-state index is 12.0. The number of amides is 1. The molecule has 0 spiro atoms. The highest BCUT2D eigenvalue weighted by Gasteiger charge is 2.20. The predicted octanol–water partition coefficient (Wildman–Crippen LogP) is 5.25. The van der Waals surface area contributed by atoms with Crippen LogP contribution in [-0.4, -0.2) is 28.6 Å². The third-order valence-corrected chi connectivity index (χ3v) is 5.21. The van der Waals surface area contributed by atoms with Crippen LogP contribution < -0.4 is 10.1 Å². The first kappa shape index (κ1) is 22.2. The van der Waals surface area contributed by atoms with E-state index in [0.29, 0.717) is 23.9 Å². The average molecular weight is 428 g/mol. The molecule has 30 heavy (non-hydrogen) atoms. The summed E-state index contributed by atoms with van der Waals surface area (Å²) in [5.74, 6) is 1.83. The van der Waals surface area contributed by atoms with E-state index in [1.54, 1.807) is 0 Å². The van der Waals surface area contributed by atoms with Gasteiger partial charge in [-0.2, -0.15) is 0 Å². The Balaban J connectivity index is 1.59. The smallest absolute Gasteiger partial charge is 0.225 e. The molecular weight excluding hydrogens is 398 g/mol. The highest BCUT2D eigenvalue weighted by Crippen LogP contribution is 2.23. The predicted molar refractivity (Wildman–Crippen MR) is 122 cm³/mol. The SMILES string of the molecule is CC(C)(C)C(=O)NCCCc1nc2ccccc2n1CCCOc1ccccc1Cl. The van der Waals surface area contributed by atoms with Crippen LogP contribution in [0.4, 0.5) is 0 Å². The Labute approximate surface area is 183 Å². The molecule has 0 atom stereocenters. The third kappa shape index (κ3) is 5.76. The molecule has 0 aliphatic rings. The molecule has 0 bridgehead atoms. The van der Waals surface area contributed by atoms with Crippen LogP contribution in [0.1, 0.15) is 39.4 Å². The number of fused-ring (bicyclic) bond motifs is 1. The second-order valence-electron chi connectivity index (χ2n) is 8.41. The molecule has 0 fully saturated rings. The molecule has 1 N–H and O–H groups in total. The lowest BCUT2D eigenvalue weighted by Gasteiger charge is -2.17. The molecule has 0 unspecified atom stereocenters. The summed E-state index contributed by atoms with van der Waals surface area (Å²) in [4.78, 5) is 16.9. The lowest BCUT2D eigenvalue weighted by atomic mass is 9.96. The van der Waals surface area contributed by atoms with Crippen LogP contribution in [0.3, 0.4) is 0 Å². The van der Waals surface area contributed by atoms with Crippen LogP contribution >= 0.6 is 11.6 Å². The van der Waals surface area contributed by atoms with E-state index in [4.69, 9.17) is 21.3 Å². The molecular formula is C24H30ClN3O2. The number of aryl methyl sites for hydroxylation is 2.